The van der Waals surface area contributed by atoms with Gasteiger partial charge in [0.2, 0.25) is 0 Å². The summed E-state index contributed by atoms with van der Waals surface area (Å²) in [4.78, 5) is 12.9. The number of esters is 1. The van der Waals surface area contributed by atoms with Gasteiger partial charge in [0.15, 0.2) is 0 Å². The van der Waals surface area contributed by atoms with Crippen molar-refractivity contribution in [2.24, 2.45) is 0 Å². The van der Waals surface area contributed by atoms with E-state index in [1.54, 1.807) is 17.4 Å². The second kappa shape index (κ2) is 6.83. The maximum Gasteiger partial charge on any atom is 0.340 e. The number of anilines is 2. The van der Waals surface area contributed by atoms with Gasteiger partial charge in [0, 0.05) is 22.8 Å². The number of hydrogen-bond donors (Lipinski definition) is 2. The Morgan fingerprint density at radius 3 is 2.81 bits per heavy atom. The van der Waals surface area contributed by atoms with Gasteiger partial charge in [-0.15, -0.1) is 11.3 Å². The monoisotopic (exact) mass is 324 g/mol. The fourth-order valence-electron chi connectivity index (χ4n) is 2.00. The number of ether oxygens (including phenoxy) is 1. The van der Waals surface area contributed by atoms with Crippen LogP contribution in [0.4, 0.5) is 11.4 Å². The molecule has 0 aliphatic carbocycles. The molecule has 2 rings (SSSR count). The highest BCUT2D eigenvalue weighted by Crippen LogP contribution is 2.24. The number of halogens is 1. The smallest absolute Gasteiger partial charge is 0.340 e. The fraction of sp³-hybridized carbons (Fsp3) is 0.267. The van der Waals surface area contributed by atoms with Crippen LogP contribution in [-0.4, -0.2) is 19.6 Å². The van der Waals surface area contributed by atoms with Gasteiger partial charge in [-0.05, 0) is 43.2 Å². The zero-order chi connectivity index (χ0) is 15.4. The maximum atomic E-state index is 11.7. The largest absolute Gasteiger partial charge is 0.465 e. The van der Waals surface area contributed by atoms with E-state index in [-0.39, 0.29) is 0 Å². The number of carbonyl (C=O) groups excluding carboxylic acids is 1. The molecular weight excluding hydrogens is 308 g/mol. The van der Waals surface area contributed by atoms with E-state index in [1.807, 2.05) is 25.1 Å². The van der Waals surface area contributed by atoms with Crippen molar-refractivity contribution in [1.29, 1.82) is 0 Å². The summed E-state index contributed by atoms with van der Waals surface area (Å²) in [6, 6.07) is 7.55. The van der Waals surface area contributed by atoms with E-state index in [1.165, 1.54) is 12.0 Å². The second-order valence-electron chi connectivity index (χ2n) is 4.63. The lowest BCUT2D eigenvalue weighted by atomic mass is 10.1. The van der Waals surface area contributed by atoms with Gasteiger partial charge >= 0.3 is 5.97 Å². The van der Waals surface area contributed by atoms with Crippen molar-refractivity contribution < 1.29 is 9.53 Å². The molecule has 0 aliphatic heterocycles. The number of benzene rings is 1. The van der Waals surface area contributed by atoms with Crippen LogP contribution in [0.1, 0.15) is 20.8 Å². The number of nitrogens with one attached hydrogen (secondary N) is 1. The van der Waals surface area contributed by atoms with Crippen LogP contribution in [0.25, 0.3) is 0 Å². The van der Waals surface area contributed by atoms with Gasteiger partial charge in [-0.1, -0.05) is 11.6 Å². The average molecular weight is 325 g/mol. The predicted molar refractivity (Wildman–Crippen MR) is 88.5 cm³/mol. The molecule has 0 saturated carbocycles. The molecule has 6 heteroatoms. The minimum atomic E-state index is -0.427. The first-order chi connectivity index (χ1) is 10.0. The number of carbonyl (C=O) groups is 1. The highest BCUT2D eigenvalue weighted by Gasteiger charge is 2.13. The topological polar surface area (TPSA) is 64.3 Å². The number of nitrogens with two attached hydrogens (primary N) is 1. The lowest BCUT2D eigenvalue weighted by Crippen LogP contribution is -2.10. The van der Waals surface area contributed by atoms with Gasteiger partial charge < -0.3 is 15.8 Å². The van der Waals surface area contributed by atoms with E-state index in [2.05, 4.69) is 5.32 Å². The Bertz CT molecular complexity index is 655. The molecule has 0 aliphatic rings. The summed E-state index contributed by atoms with van der Waals surface area (Å²) >= 11 is 7.47. The summed E-state index contributed by atoms with van der Waals surface area (Å²) in [5.74, 6) is -0.427. The van der Waals surface area contributed by atoms with Crippen molar-refractivity contribution in [3.63, 3.8) is 0 Å². The van der Waals surface area contributed by atoms with Crippen molar-refractivity contribution in [3.05, 3.63) is 44.6 Å². The Balaban J connectivity index is 2.06. The Hall–Kier alpha value is -1.72. The normalized spacial score (nSPS) is 10.4. The summed E-state index contributed by atoms with van der Waals surface area (Å²) in [6.07, 6.45) is 0.869. The van der Waals surface area contributed by atoms with Gasteiger partial charge in [0.1, 0.15) is 0 Å². The molecule has 0 saturated heterocycles. The summed E-state index contributed by atoms with van der Waals surface area (Å²) in [5, 5.41) is 3.29. The molecule has 1 aromatic carbocycles. The molecule has 112 valence electrons. The number of aryl methyl sites for hydroxylation is 1. The van der Waals surface area contributed by atoms with Crippen LogP contribution in [0.3, 0.4) is 0 Å². The Labute approximate surface area is 132 Å². The van der Waals surface area contributed by atoms with Gasteiger partial charge in [-0.3, -0.25) is 0 Å². The molecule has 0 amide bonds. The van der Waals surface area contributed by atoms with E-state index in [0.29, 0.717) is 11.3 Å². The molecule has 3 N–H and O–H groups in total. The average Bonchev–Trinajstić information content (AvgIpc) is 2.87. The standard InChI is InChI=1S/C15H17ClN2O2S/c1-9-7-10(8-12(14(9)17)15(19)20-2)18-6-5-11-3-4-13(16)21-11/h3-4,7-8,18H,5-6,17H2,1-2H3. The minimum absolute atomic E-state index is 0.388. The van der Waals surface area contributed by atoms with Crippen LogP contribution in [0.15, 0.2) is 24.3 Å². The highest BCUT2D eigenvalue weighted by molar-refractivity contribution is 7.16. The third kappa shape index (κ3) is 3.89. The molecule has 0 radical (unpaired) electrons. The molecule has 1 aromatic heterocycles. The van der Waals surface area contributed by atoms with E-state index in [0.717, 1.165) is 28.6 Å². The molecule has 0 atom stereocenters. The lowest BCUT2D eigenvalue weighted by Gasteiger charge is -2.12. The van der Waals surface area contributed by atoms with E-state index < -0.39 is 5.97 Å². The van der Waals surface area contributed by atoms with Crippen LogP contribution >= 0.6 is 22.9 Å². The Morgan fingerprint density at radius 1 is 1.43 bits per heavy atom. The van der Waals surface area contributed by atoms with Crippen molar-refractivity contribution in [1.82, 2.24) is 0 Å². The first kappa shape index (κ1) is 15.7. The number of methoxy groups -OCH3 is 1. The zero-order valence-corrected chi connectivity index (χ0v) is 13.5. The molecule has 0 spiro atoms. The number of nitrogen functional groups attached to an aromatic ring is 1. The molecule has 21 heavy (non-hydrogen) atoms. The quantitative estimate of drug-likeness (QED) is 0.649. The second-order valence-corrected chi connectivity index (χ2v) is 6.43. The number of rotatable bonds is 5. The first-order valence-electron chi connectivity index (χ1n) is 6.47. The van der Waals surface area contributed by atoms with Crippen molar-refractivity contribution in [3.8, 4) is 0 Å². The lowest BCUT2D eigenvalue weighted by molar-refractivity contribution is 0.0602. The van der Waals surface area contributed by atoms with E-state index >= 15 is 0 Å². The predicted octanol–water partition coefficient (Wildman–Crippen LogP) is 3.73. The molecular formula is C15H17ClN2O2S. The Morgan fingerprint density at radius 2 is 2.19 bits per heavy atom. The van der Waals surface area contributed by atoms with Crippen molar-refractivity contribution in [2.45, 2.75) is 13.3 Å². The van der Waals surface area contributed by atoms with Crippen molar-refractivity contribution in [2.75, 3.05) is 24.7 Å². The van der Waals surface area contributed by atoms with Gasteiger partial charge in [0.25, 0.3) is 0 Å². The molecule has 0 fully saturated rings. The first-order valence-corrected chi connectivity index (χ1v) is 7.67. The number of hydrogen-bond acceptors (Lipinski definition) is 5. The summed E-state index contributed by atoms with van der Waals surface area (Å²) < 4.78 is 5.54. The summed E-state index contributed by atoms with van der Waals surface area (Å²) in [5.41, 5.74) is 8.45. The Kier molecular flexibility index (Phi) is 5.09. The zero-order valence-electron chi connectivity index (χ0n) is 11.9. The third-order valence-electron chi connectivity index (χ3n) is 3.12. The van der Waals surface area contributed by atoms with Gasteiger partial charge in [0.05, 0.1) is 17.0 Å². The van der Waals surface area contributed by atoms with Crippen LogP contribution in [-0.2, 0) is 11.2 Å². The summed E-state index contributed by atoms with van der Waals surface area (Å²) in [7, 11) is 1.34. The van der Waals surface area contributed by atoms with E-state index in [4.69, 9.17) is 22.1 Å². The molecule has 4 nitrogen and oxygen atoms in total. The van der Waals surface area contributed by atoms with Crippen LogP contribution in [0.2, 0.25) is 4.34 Å². The molecule has 1 heterocycles. The van der Waals surface area contributed by atoms with E-state index in [9.17, 15) is 4.79 Å². The molecule has 2 aromatic rings. The maximum absolute atomic E-state index is 11.7. The molecule has 0 unspecified atom stereocenters. The van der Waals surface area contributed by atoms with Gasteiger partial charge in [-0.2, -0.15) is 0 Å². The summed E-state index contributed by atoms with van der Waals surface area (Å²) in [6.45, 7) is 2.62. The van der Waals surface area contributed by atoms with Crippen LogP contribution in [0, 0.1) is 6.92 Å². The van der Waals surface area contributed by atoms with Gasteiger partial charge in [-0.25, -0.2) is 4.79 Å². The SMILES string of the molecule is COC(=O)c1cc(NCCc2ccc(Cl)s2)cc(C)c1N. The van der Waals surface area contributed by atoms with Crippen LogP contribution < -0.4 is 11.1 Å². The van der Waals surface area contributed by atoms with Crippen molar-refractivity contribution >= 4 is 40.3 Å². The highest BCUT2D eigenvalue weighted by atomic mass is 35.5. The number of thiophene rings is 1. The fourth-order valence-corrected chi connectivity index (χ4v) is 3.08. The molecule has 0 bridgehead atoms. The van der Waals surface area contributed by atoms with Crippen LogP contribution in [0.5, 0.6) is 0 Å². The third-order valence-corrected chi connectivity index (χ3v) is 4.41. The minimum Gasteiger partial charge on any atom is -0.465 e.